The van der Waals surface area contributed by atoms with Gasteiger partial charge in [-0.15, -0.1) is 0 Å². The molecular formula is C14H23F2NO. The molecule has 1 aliphatic heterocycles. The fourth-order valence-corrected chi connectivity index (χ4v) is 4.47. The number of aliphatic hydroxyl groups is 1. The summed E-state index contributed by atoms with van der Waals surface area (Å²) in [7, 11) is 0. The molecule has 0 amide bonds. The summed E-state index contributed by atoms with van der Waals surface area (Å²) in [5.41, 5.74) is 0.236. The minimum Gasteiger partial charge on any atom is -0.393 e. The van der Waals surface area contributed by atoms with Gasteiger partial charge < -0.3 is 5.11 Å². The molecule has 0 bridgehead atoms. The highest BCUT2D eigenvalue weighted by Gasteiger charge is 2.51. The van der Waals surface area contributed by atoms with E-state index in [0.717, 1.165) is 12.8 Å². The number of hydrogen-bond acceptors (Lipinski definition) is 2. The number of aliphatic hydroxyl groups excluding tert-OH is 1. The molecule has 1 N–H and O–H groups in total. The lowest BCUT2D eigenvalue weighted by molar-refractivity contribution is -0.0407. The first-order valence-corrected chi connectivity index (χ1v) is 7.31. The molecule has 1 spiro atoms. The largest absolute Gasteiger partial charge is 0.393 e. The zero-order valence-electron chi connectivity index (χ0n) is 10.9. The van der Waals surface area contributed by atoms with Crippen LogP contribution in [0.2, 0.25) is 0 Å². The standard InChI is InChI=1S/C14H23F2NO/c15-14(16)7-8-17(10-14)12-9-11(18)3-6-13(12)4-1-2-5-13/h11-12,18H,1-10H2. The van der Waals surface area contributed by atoms with Crippen molar-refractivity contribution in [2.75, 3.05) is 13.1 Å². The second-order valence-electron chi connectivity index (χ2n) is 6.59. The highest BCUT2D eigenvalue weighted by atomic mass is 19.3. The molecule has 3 rings (SSSR count). The molecule has 0 radical (unpaired) electrons. The molecule has 0 aromatic carbocycles. The van der Waals surface area contributed by atoms with E-state index < -0.39 is 5.92 Å². The molecule has 2 unspecified atom stereocenters. The Labute approximate surface area is 107 Å². The Hall–Kier alpha value is -0.220. The normalized spacial score (nSPS) is 39.5. The van der Waals surface area contributed by atoms with Crippen LogP contribution in [0.25, 0.3) is 0 Å². The summed E-state index contributed by atoms with van der Waals surface area (Å²) in [6.07, 6.45) is 7.12. The lowest BCUT2D eigenvalue weighted by Gasteiger charge is -2.47. The zero-order valence-corrected chi connectivity index (χ0v) is 10.9. The Morgan fingerprint density at radius 1 is 1.06 bits per heavy atom. The van der Waals surface area contributed by atoms with Crippen molar-refractivity contribution in [3.8, 4) is 0 Å². The molecule has 104 valence electrons. The summed E-state index contributed by atoms with van der Waals surface area (Å²) < 4.78 is 26.8. The van der Waals surface area contributed by atoms with E-state index in [4.69, 9.17) is 0 Å². The second-order valence-corrected chi connectivity index (χ2v) is 6.59. The topological polar surface area (TPSA) is 23.5 Å². The summed E-state index contributed by atoms with van der Waals surface area (Å²) in [6.45, 7) is 0.415. The molecule has 0 aromatic rings. The first-order valence-electron chi connectivity index (χ1n) is 7.31. The van der Waals surface area contributed by atoms with Gasteiger partial charge in [0.1, 0.15) is 0 Å². The predicted molar refractivity (Wildman–Crippen MR) is 65.7 cm³/mol. The van der Waals surface area contributed by atoms with E-state index in [0.29, 0.717) is 13.0 Å². The molecular weight excluding hydrogens is 236 g/mol. The lowest BCUT2D eigenvalue weighted by atomic mass is 9.67. The number of alkyl halides is 2. The Morgan fingerprint density at radius 2 is 1.78 bits per heavy atom. The smallest absolute Gasteiger partial charge is 0.261 e. The van der Waals surface area contributed by atoms with Gasteiger partial charge in [-0.1, -0.05) is 12.8 Å². The van der Waals surface area contributed by atoms with Crippen LogP contribution in [0, 0.1) is 5.41 Å². The van der Waals surface area contributed by atoms with Crippen molar-refractivity contribution in [2.45, 2.75) is 69.4 Å². The first-order chi connectivity index (χ1) is 8.51. The average molecular weight is 259 g/mol. The number of rotatable bonds is 1. The predicted octanol–water partition coefficient (Wildman–Crippen LogP) is 2.80. The van der Waals surface area contributed by atoms with Gasteiger partial charge in [0.25, 0.3) is 5.92 Å². The van der Waals surface area contributed by atoms with Crippen molar-refractivity contribution < 1.29 is 13.9 Å². The maximum atomic E-state index is 13.4. The van der Waals surface area contributed by atoms with Crippen LogP contribution < -0.4 is 0 Å². The minimum atomic E-state index is -2.51. The van der Waals surface area contributed by atoms with Crippen LogP contribution >= 0.6 is 0 Å². The van der Waals surface area contributed by atoms with Crippen LogP contribution in [0.5, 0.6) is 0 Å². The number of nitrogens with zero attached hydrogens (tertiary/aromatic N) is 1. The van der Waals surface area contributed by atoms with Gasteiger partial charge in [-0.2, -0.15) is 0 Å². The molecule has 1 heterocycles. The average Bonchev–Trinajstić information content (AvgIpc) is 2.90. The van der Waals surface area contributed by atoms with Crippen molar-refractivity contribution in [2.24, 2.45) is 5.41 Å². The Bertz CT molecular complexity index is 315. The van der Waals surface area contributed by atoms with Crippen LogP contribution in [0.4, 0.5) is 8.78 Å². The van der Waals surface area contributed by atoms with E-state index in [-0.39, 0.29) is 30.5 Å². The molecule has 18 heavy (non-hydrogen) atoms. The van der Waals surface area contributed by atoms with Crippen LogP contribution in [0.15, 0.2) is 0 Å². The summed E-state index contributed by atoms with van der Waals surface area (Å²) in [5, 5.41) is 9.90. The monoisotopic (exact) mass is 259 g/mol. The van der Waals surface area contributed by atoms with Gasteiger partial charge in [0.05, 0.1) is 12.6 Å². The molecule has 2 saturated carbocycles. The van der Waals surface area contributed by atoms with Gasteiger partial charge in [0.2, 0.25) is 0 Å². The van der Waals surface area contributed by atoms with Crippen molar-refractivity contribution in [3.05, 3.63) is 0 Å². The molecule has 3 aliphatic rings. The zero-order chi connectivity index (χ0) is 12.8. The van der Waals surface area contributed by atoms with E-state index >= 15 is 0 Å². The molecule has 1 saturated heterocycles. The van der Waals surface area contributed by atoms with Gasteiger partial charge in [-0.25, -0.2) is 8.78 Å². The second kappa shape index (κ2) is 4.41. The van der Waals surface area contributed by atoms with E-state index in [2.05, 4.69) is 0 Å². The van der Waals surface area contributed by atoms with Crippen molar-refractivity contribution >= 4 is 0 Å². The quantitative estimate of drug-likeness (QED) is 0.782. The molecule has 0 aromatic heterocycles. The van der Waals surface area contributed by atoms with Gasteiger partial charge in [-0.3, -0.25) is 4.90 Å². The fraction of sp³-hybridized carbons (Fsp3) is 1.00. The van der Waals surface area contributed by atoms with Gasteiger partial charge in [0, 0.05) is 19.0 Å². The third-order valence-electron chi connectivity index (χ3n) is 5.42. The SMILES string of the molecule is OC1CCC2(CCCC2)C(N2CCC(F)(F)C2)C1. The third-order valence-corrected chi connectivity index (χ3v) is 5.42. The third kappa shape index (κ3) is 2.18. The van der Waals surface area contributed by atoms with Crippen molar-refractivity contribution in [1.29, 1.82) is 0 Å². The van der Waals surface area contributed by atoms with Crippen LogP contribution in [-0.2, 0) is 0 Å². The highest BCUT2D eigenvalue weighted by molar-refractivity contribution is 5.02. The van der Waals surface area contributed by atoms with E-state index in [1.54, 1.807) is 0 Å². The van der Waals surface area contributed by atoms with Gasteiger partial charge >= 0.3 is 0 Å². The van der Waals surface area contributed by atoms with Gasteiger partial charge in [0.15, 0.2) is 0 Å². The molecule has 2 nitrogen and oxygen atoms in total. The number of halogens is 2. The lowest BCUT2D eigenvalue weighted by Crippen LogP contribution is -2.51. The maximum Gasteiger partial charge on any atom is 0.261 e. The fourth-order valence-electron chi connectivity index (χ4n) is 4.47. The molecule has 2 atom stereocenters. The summed E-state index contributed by atoms with van der Waals surface area (Å²) >= 11 is 0. The number of likely N-dealkylation sites (tertiary alicyclic amines) is 1. The van der Waals surface area contributed by atoms with Gasteiger partial charge in [-0.05, 0) is 37.5 Å². The summed E-state index contributed by atoms with van der Waals surface area (Å²) in [5.74, 6) is -2.51. The van der Waals surface area contributed by atoms with E-state index in [1.165, 1.54) is 25.7 Å². The van der Waals surface area contributed by atoms with Crippen molar-refractivity contribution in [3.63, 3.8) is 0 Å². The number of hydrogen-bond donors (Lipinski definition) is 1. The van der Waals surface area contributed by atoms with Crippen LogP contribution in [0.3, 0.4) is 0 Å². The summed E-state index contributed by atoms with van der Waals surface area (Å²) in [6, 6.07) is 0.192. The van der Waals surface area contributed by atoms with Crippen LogP contribution in [0.1, 0.15) is 51.4 Å². The minimum absolute atomic E-state index is 0.00429. The highest BCUT2D eigenvalue weighted by Crippen LogP contribution is 2.52. The van der Waals surface area contributed by atoms with Crippen molar-refractivity contribution in [1.82, 2.24) is 4.90 Å². The maximum absolute atomic E-state index is 13.4. The molecule has 2 aliphatic carbocycles. The van der Waals surface area contributed by atoms with Crippen LogP contribution in [-0.4, -0.2) is 41.2 Å². The Kier molecular flexibility index (Phi) is 3.14. The summed E-state index contributed by atoms with van der Waals surface area (Å²) in [4.78, 5) is 1.98. The Balaban J connectivity index is 1.78. The molecule has 3 fully saturated rings. The van der Waals surface area contributed by atoms with E-state index in [1.807, 2.05) is 4.90 Å². The van der Waals surface area contributed by atoms with E-state index in [9.17, 15) is 13.9 Å². The first kappa shape index (κ1) is 12.8. The Morgan fingerprint density at radius 3 is 2.39 bits per heavy atom. The molecule has 4 heteroatoms.